The van der Waals surface area contributed by atoms with Crippen molar-refractivity contribution in [3.8, 4) is 17.2 Å². The highest BCUT2D eigenvalue weighted by molar-refractivity contribution is 6.11. The zero-order chi connectivity index (χ0) is 23.2. The van der Waals surface area contributed by atoms with E-state index in [1.165, 1.54) is 21.3 Å². The molecule has 33 heavy (non-hydrogen) atoms. The molecule has 1 aliphatic heterocycles. The molecule has 4 rings (SSSR count). The lowest BCUT2D eigenvalue weighted by atomic mass is 10.2. The molecule has 2 aromatic carbocycles. The molecule has 0 saturated heterocycles. The van der Waals surface area contributed by atoms with Crippen molar-refractivity contribution in [1.29, 1.82) is 0 Å². The van der Waals surface area contributed by atoms with E-state index in [1.54, 1.807) is 35.0 Å². The smallest absolute Gasteiger partial charge is 0.363 e. The molecule has 0 atom stereocenters. The number of cyclic esters (lactones) is 1. The van der Waals surface area contributed by atoms with Crippen molar-refractivity contribution in [3.05, 3.63) is 83.3 Å². The van der Waals surface area contributed by atoms with Gasteiger partial charge < -0.3 is 18.9 Å². The van der Waals surface area contributed by atoms with Crippen LogP contribution in [-0.4, -0.2) is 48.2 Å². The van der Waals surface area contributed by atoms with Crippen LogP contribution in [0.25, 0.3) is 6.08 Å². The maximum absolute atomic E-state index is 12.3. The predicted octanol–water partition coefficient (Wildman–Crippen LogP) is 3.25. The van der Waals surface area contributed by atoms with Crippen LogP contribution in [0.3, 0.4) is 0 Å². The molecule has 0 radical (unpaired) electrons. The van der Waals surface area contributed by atoms with Gasteiger partial charge in [-0.25, -0.2) is 14.5 Å². The summed E-state index contributed by atoms with van der Waals surface area (Å²) in [6.07, 6.45) is 6.79. The number of carbonyl (C=O) groups is 1. The van der Waals surface area contributed by atoms with Gasteiger partial charge in [0.1, 0.15) is 5.69 Å². The summed E-state index contributed by atoms with van der Waals surface area (Å²) in [6.45, 7) is 0.623. The highest BCUT2D eigenvalue weighted by Gasteiger charge is 2.26. The first kappa shape index (κ1) is 21.8. The molecule has 0 bridgehead atoms. The number of ether oxygens (including phenoxy) is 4. The third-order valence-corrected chi connectivity index (χ3v) is 4.80. The molecule has 2 heterocycles. The molecule has 0 aliphatic carbocycles. The summed E-state index contributed by atoms with van der Waals surface area (Å²) in [4.78, 5) is 16.6. The Morgan fingerprint density at radius 1 is 1.03 bits per heavy atom. The normalized spacial score (nSPS) is 14.5. The summed E-state index contributed by atoms with van der Waals surface area (Å²) < 4.78 is 23.1. The number of aromatic nitrogens is 3. The van der Waals surface area contributed by atoms with E-state index in [1.807, 2.05) is 36.5 Å². The number of hydrogen-bond donors (Lipinski definition) is 0. The molecule has 1 aromatic heterocycles. The van der Waals surface area contributed by atoms with Crippen LogP contribution in [0.4, 0.5) is 0 Å². The van der Waals surface area contributed by atoms with Gasteiger partial charge in [-0.15, -0.1) is 5.10 Å². The Balaban J connectivity index is 1.50. The molecule has 0 spiro atoms. The van der Waals surface area contributed by atoms with E-state index >= 15 is 0 Å². The molecule has 9 heteroatoms. The van der Waals surface area contributed by atoms with Crippen LogP contribution in [0.2, 0.25) is 0 Å². The highest BCUT2D eigenvalue weighted by Crippen LogP contribution is 2.39. The van der Waals surface area contributed by atoms with Gasteiger partial charge in [-0.2, -0.15) is 0 Å². The third kappa shape index (κ3) is 4.93. The summed E-state index contributed by atoms with van der Waals surface area (Å²) in [7, 11) is 4.53. The first-order valence-corrected chi connectivity index (χ1v) is 10.0. The molecule has 168 valence electrons. The van der Waals surface area contributed by atoms with Gasteiger partial charge in [0, 0.05) is 5.56 Å². The summed E-state index contributed by atoms with van der Waals surface area (Å²) in [5, 5.41) is 8.23. The van der Waals surface area contributed by atoms with Gasteiger partial charge in [-0.1, -0.05) is 41.6 Å². The topological polar surface area (TPSA) is 97.1 Å². The largest absolute Gasteiger partial charge is 0.493 e. The SMILES string of the molecule is COc1cc(C2=N/C(=C\C=C\c3cn(Cc4ccccc4)nn3)C(=O)O2)cc(OC)c1OC. The fraction of sp³-hybridized carbons (Fsp3) is 0.167. The fourth-order valence-electron chi connectivity index (χ4n) is 3.23. The van der Waals surface area contributed by atoms with Gasteiger partial charge >= 0.3 is 5.97 Å². The zero-order valence-electron chi connectivity index (χ0n) is 18.4. The van der Waals surface area contributed by atoms with E-state index in [0.29, 0.717) is 35.1 Å². The molecule has 3 aromatic rings. The Bertz CT molecular complexity index is 1220. The molecule has 0 unspecified atom stereocenters. The van der Waals surface area contributed by atoms with Crippen molar-refractivity contribution in [2.75, 3.05) is 21.3 Å². The van der Waals surface area contributed by atoms with Crippen molar-refractivity contribution < 1.29 is 23.7 Å². The first-order chi connectivity index (χ1) is 16.1. The lowest BCUT2D eigenvalue weighted by Gasteiger charge is -2.13. The van der Waals surface area contributed by atoms with E-state index in [9.17, 15) is 4.79 Å². The minimum Gasteiger partial charge on any atom is -0.493 e. The number of esters is 1. The van der Waals surface area contributed by atoms with Crippen LogP contribution in [0.15, 0.2) is 71.5 Å². The summed E-state index contributed by atoms with van der Waals surface area (Å²) >= 11 is 0. The van der Waals surface area contributed by atoms with Gasteiger partial charge in [0.2, 0.25) is 11.6 Å². The standard InChI is InChI=1S/C24H22N4O5/c1-30-20-12-17(13-21(31-2)22(20)32-3)23-25-19(24(29)33-23)11-7-10-18-15-28(27-26-18)14-16-8-5-4-6-9-16/h4-13,15H,14H2,1-3H3/b10-7+,19-11-. The summed E-state index contributed by atoms with van der Waals surface area (Å²) in [5.41, 5.74) is 2.46. The zero-order valence-corrected chi connectivity index (χ0v) is 18.4. The van der Waals surface area contributed by atoms with Gasteiger partial charge in [0.05, 0.1) is 34.1 Å². The second kappa shape index (κ2) is 9.82. The molecule has 1 aliphatic rings. The Kier molecular flexibility index (Phi) is 6.49. The first-order valence-electron chi connectivity index (χ1n) is 10.0. The van der Waals surface area contributed by atoms with Crippen LogP contribution < -0.4 is 14.2 Å². The quantitative estimate of drug-likeness (QED) is 0.387. The second-order valence-electron chi connectivity index (χ2n) is 6.96. The number of hydrogen-bond acceptors (Lipinski definition) is 8. The molecule has 0 fully saturated rings. The van der Waals surface area contributed by atoms with Gasteiger partial charge in [-0.05, 0) is 29.8 Å². The van der Waals surface area contributed by atoms with Gasteiger partial charge in [0.15, 0.2) is 17.2 Å². The van der Waals surface area contributed by atoms with Crippen molar-refractivity contribution in [2.24, 2.45) is 4.99 Å². The van der Waals surface area contributed by atoms with E-state index < -0.39 is 5.97 Å². The number of carbonyl (C=O) groups excluding carboxylic acids is 1. The predicted molar refractivity (Wildman–Crippen MR) is 121 cm³/mol. The molecule has 0 amide bonds. The number of allylic oxidation sites excluding steroid dienone is 2. The molecule has 0 N–H and O–H groups in total. The van der Waals surface area contributed by atoms with E-state index in [-0.39, 0.29) is 11.6 Å². The van der Waals surface area contributed by atoms with Crippen LogP contribution in [0, 0.1) is 0 Å². The van der Waals surface area contributed by atoms with Gasteiger partial charge in [-0.3, -0.25) is 0 Å². The number of benzene rings is 2. The Morgan fingerprint density at radius 3 is 2.42 bits per heavy atom. The Labute approximate surface area is 190 Å². The van der Waals surface area contributed by atoms with E-state index in [4.69, 9.17) is 18.9 Å². The summed E-state index contributed by atoms with van der Waals surface area (Å²) in [6, 6.07) is 13.3. The van der Waals surface area contributed by atoms with Crippen molar-refractivity contribution in [2.45, 2.75) is 6.54 Å². The monoisotopic (exact) mass is 446 g/mol. The molecule has 0 saturated carbocycles. The Morgan fingerprint density at radius 2 is 1.76 bits per heavy atom. The maximum Gasteiger partial charge on any atom is 0.363 e. The number of methoxy groups -OCH3 is 3. The highest BCUT2D eigenvalue weighted by atomic mass is 16.6. The van der Waals surface area contributed by atoms with Crippen molar-refractivity contribution in [3.63, 3.8) is 0 Å². The maximum atomic E-state index is 12.3. The van der Waals surface area contributed by atoms with Crippen LogP contribution in [-0.2, 0) is 16.1 Å². The third-order valence-electron chi connectivity index (χ3n) is 4.80. The molecule has 9 nitrogen and oxygen atoms in total. The Hall–Kier alpha value is -4.40. The number of rotatable bonds is 8. The average Bonchev–Trinajstić information content (AvgIpc) is 3.44. The number of aliphatic imine (C=N–C) groups is 1. The minimum absolute atomic E-state index is 0.146. The lowest BCUT2D eigenvalue weighted by molar-refractivity contribution is -0.130. The van der Waals surface area contributed by atoms with E-state index in [0.717, 1.165) is 5.56 Å². The van der Waals surface area contributed by atoms with Crippen LogP contribution in [0.1, 0.15) is 16.8 Å². The van der Waals surface area contributed by atoms with Crippen molar-refractivity contribution in [1.82, 2.24) is 15.0 Å². The molecular formula is C24H22N4O5. The second-order valence-corrected chi connectivity index (χ2v) is 6.96. The minimum atomic E-state index is -0.559. The number of nitrogens with zero attached hydrogens (tertiary/aromatic N) is 4. The van der Waals surface area contributed by atoms with Crippen LogP contribution in [0.5, 0.6) is 17.2 Å². The lowest BCUT2D eigenvalue weighted by Crippen LogP contribution is -2.06. The van der Waals surface area contributed by atoms with E-state index in [2.05, 4.69) is 15.3 Å². The van der Waals surface area contributed by atoms with Gasteiger partial charge in [0.25, 0.3) is 0 Å². The van der Waals surface area contributed by atoms with Crippen molar-refractivity contribution >= 4 is 17.9 Å². The fourth-order valence-corrected chi connectivity index (χ4v) is 3.23. The summed E-state index contributed by atoms with van der Waals surface area (Å²) in [5.74, 6) is 0.888. The molecular weight excluding hydrogens is 424 g/mol. The average molecular weight is 446 g/mol. The van der Waals surface area contributed by atoms with Crippen LogP contribution >= 0.6 is 0 Å².